The Labute approximate surface area is 113 Å². The number of ketones is 1. The summed E-state index contributed by atoms with van der Waals surface area (Å²) < 4.78 is 4.81. The summed E-state index contributed by atoms with van der Waals surface area (Å²) in [5.74, 6) is -0.290. The first-order valence-electron chi connectivity index (χ1n) is 7.00. The number of esters is 1. The Morgan fingerprint density at radius 1 is 1.21 bits per heavy atom. The largest absolute Gasteiger partial charge is 0.461 e. The molecule has 0 amide bonds. The number of fused-ring (bicyclic) bond motifs is 3. The predicted octanol–water partition coefficient (Wildman–Crippen LogP) is 2.23. The predicted molar refractivity (Wildman–Crippen MR) is 69.8 cm³/mol. The first-order valence-corrected chi connectivity index (χ1v) is 7.00. The molecule has 0 atom stereocenters. The van der Waals surface area contributed by atoms with E-state index < -0.39 is 11.8 Å². The zero-order valence-electron chi connectivity index (χ0n) is 11.6. The molecule has 0 unspecified atom stereocenters. The molecule has 0 heterocycles. The summed E-state index contributed by atoms with van der Waals surface area (Å²) in [6.45, 7) is 3.21. The maximum atomic E-state index is 11.6. The van der Waals surface area contributed by atoms with Gasteiger partial charge >= 0.3 is 5.97 Å². The topological polar surface area (TPSA) is 65.0 Å². The van der Waals surface area contributed by atoms with Crippen molar-refractivity contribution in [1.29, 1.82) is 0 Å². The number of nitrogens with zero attached hydrogens (tertiary/aromatic N) is 1. The molecular weight excluding hydrogens is 246 g/mol. The van der Waals surface area contributed by atoms with Gasteiger partial charge in [0.25, 0.3) is 0 Å². The van der Waals surface area contributed by atoms with Gasteiger partial charge in [0, 0.05) is 6.92 Å². The third kappa shape index (κ3) is 3.14. The number of oxime groups is 1. The fourth-order valence-corrected chi connectivity index (χ4v) is 2.93. The van der Waals surface area contributed by atoms with Crippen molar-refractivity contribution in [3.05, 3.63) is 0 Å². The minimum atomic E-state index is -0.698. The smallest absolute Gasteiger partial charge is 0.364 e. The lowest BCUT2D eigenvalue weighted by molar-refractivity contribution is -0.137. The Kier molecular flexibility index (Phi) is 4.22. The highest BCUT2D eigenvalue weighted by Gasteiger charge is 2.43. The van der Waals surface area contributed by atoms with Crippen LogP contribution in [0.1, 0.15) is 52.4 Å². The molecule has 0 aromatic rings. The molecule has 106 valence electrons. The Bertz CT molecular complexity index is 380. The second kappa shape index (κ2) is 5.72. The van der Waals surface area contributed by atoms with Crippen molar-refractivity contribution in [2.24, 2.45) is 11.1 Å². The second-order valence-corrected chi connectivity index (χ2v) is 5.47. The van der Waals surface area contributed by atoms with Crippen molar-refractivity contribution in [2.75, 3.05) is 6.61 Å². The Morgan fingerprint density at radius 2 is 1.79 bits per heavy atom. The van der Waals surface area contributed by atoms with E-state index in [4.69, 9.17) is 9.57 Å². The Balaban J connectivity index is 2.05. The van der Waals surface area contributed by atoms with E-state index in [1.807, 2.05) is 0 Å². The van der Waals surface area contributed by atoms with Gasteiger partial charge in [-0.05, 0) is 51.4 Å². The molecule has 3 rings (SSSR count). The van der Waals surface area contributed by atoms with E-state index in [9.17, 15) is 9.59 Å². The van der Waals surface area contributed by atoms with Gasteiger partial charge in [0.15, 0.2) is 5.78 Å². The van der Waals surface area contributed by atoms with Crippen LogP contribution in [0, 0.1) is 5.92 Å². The zero-order chi connectivity index (χ0) is 13.9. The normalized spacial score (nSPS) is 30.0. The van der Waals surface area contributed by atoms with Gasteiger partial charge in [-0.3, -0.25) is 4.79 Å². The van der Waals surface area contributed by atoms with Gasteiger partial charge < -0.3 is 9.57 Å². The summed E-state index contributed by atoms with van der Waals surface area (Å²) in [7, 11) is 0. The highest BCUT2D eigenvalue weighted by molar-refractivity contribution is 6.63. The fraction of sp³-hybridized carbons (Fsp3) is 0.786. The molecule has 0 aliphatic heterocycles. The summed E-state index contributed by atoms with van der Waals surface area (Å²) >= 11 is 0. The second-order valence-electron chi connectivity index (χ2n) is 5.47. The molecule has 0 saturated heterocycles. The minimum absolute atomic E-state index is 0.220. The summed E-state index contributed by atoms with van der Waals surface area (Å²) in [6.07, 6.45) is 6.37. The summed E-state index contributed by atoms with van der Waals surface area (Å²) in [5, 5.41) is 3.83. The number of carbonyl (C=O) groups is 2. The first-order chi connectivity index (χ1) is 9.06. The van der Waals surface area contributed by atoms with Crippen molar-refractivity contribution in [1.82, 2.24) is 0 Å². The first kappa shape index (κ1) is 14.0. The molecule has 3 fully saturated rings. The van der Waals surface area contributed by atoms with E-state index in [0.717, 1.165) is 44.4 Å². The summed E-state index contributed by atoms with van der Waals surface area (Å²) in [4.78, 5) is 28.6. The van der Waals surface area contributed by atoms with Crippen LogP contribution < -0.4 is 0 Å². The Morgan fingerprint density at radius 3 is 2.26 bits per heavy atom. The molecule has 3 aliphatic rings. The van der Waals surface area contributed by atoms with Gasteiger partial charge in [0.05, 0.1) is 6.61 Å². The van der Waals surface area contributed by atoms with E-state index in [2.05, 4.69) is 5.16 Å². The highest BCUT2D eigenvalue weighted by atomic mass is 16.7. The van der Waals surface area contributed by atoms with Crippen molar-refractivity contribution < 1.29 is 19.2 Å². The van der Waals surface area contributed by atoms with Crippen LogP contribution in [0.2, 0.25) is 0 Å². The average molecular weight is 267 g/mol. The maximum absolute atomic E-state index is 11.6. The monoisotopic (exact) mass is 267 g/mol. The summed E-state index contributed by atoms with van der Waals surface area (Å²) in [5.41, 5.74) is -0.494. The molecule has 3 saturated carbocycles. The van der Waals surface area contributed by atoms with Crippen LogP contribution in [0.25, 0.3) is 0 Å². The average Bonchev–Trinajstić information content (AvgIpc) is 2.41. The van der Waals surface area contributed by atoms with Gasteiger partial charge in [-0.15, -0.1) is 0 Å². The molecule has 0 N–H and O–H groups in total. The fourth-order valence-electron chi connectivity index (χ4n) is 2.93. The number of hydrogen-bond donors (Lipinski definition) is 0. The van der Waals surface area contributed by atoms with Crippen LogP contribution in [0.15, 0.2) is 5.16 Å². The number of hydrogen-bond acceptors (Lipinski definition) is 5. The zero-order valence-corrected chi connectivity index (χ0v) is 11.6. The Hall–Kier alpha value is -1.39. The van der Waals surface area contributed by atoms with Crippen LogP contribution in [0.3, 0.4) is 0 Å². The number of carbonyl (C=O) groups excluding carboxylic acids is 2. The van der Waals surface area contributed by atoms with Gasteiger partial charge in [-0.25, -0.2) is 4.79 Å². The summed E-state index contributed by atoms with van der Waals surface area (Å²) in [6, 6.07) is 0. The van der Waals surface area contributed by atoms with Crippen LogP contribution in [-0.4, -0.2) is 29.7 Å². The van der Waals surface area contributed by atoms with Crippen molar-refractivity contribution in [3.8, 4) is 0 Å². The van der Waals surface area contributed by atoms with E-state index >= 15 is 0 Å². The molecule has 5 heteroatoms. The molecule has 3 aliphatic carbocycles. The lowest BCUT2D eigenvalue weighted by atomic mass is 9.68. The number of ether oxygens (including phenoxy) is 1. The van der Waals surface area contributed by atoms with Crippen LogP contribution in [-0.2, 0) is 19.2 Å². The number of Topliss-reactive ketones (excluding diaryl/α,β-unsaturated/α-hetero) is 1. The third-order valence-electron chi connectivity index (χ3n) is 4.16. The van der Waals surface area contributed by atoms with E-state index in [1.165, 1.54) is 6.92 Å². The van der Waals surface area contributed by atoms with E-state index in [0.29, 0.717) is 0 Å². The molecule has 0 spiro atoms. The van der Waals surface area contributed by atoms with Crippen LogP contribution in [0.4, 0.5) is 0 Å². The van der Waals surface area contributed by atoms with E-state index in [-0.39, 0.29) is 17.9 Å². The van der Waals surface area contributed by atoms with E-state index in [1.54, 1.807) is 6.92 Å². The van der Waals surface area contributed by atoms with Gasteiger partial charge in [0.2, 0.25) is 5.71 Å². The van der Waals surface area contributed by atoms with Crippen molar-refractivity contribution in [3.63, 3.8) is 0 Å². The molecule has 5 nitrogen and oxygen atoms in total. The highest BCUT2D eigenvalue weighted by Crippen LogP contribution is 2.46. The van der Waals surface area contributed by atoms with Crippen LogP contribution in [0.5, 0.6) is 0 Å². The standard InChI is InChI=1S/C14H21NO4/c1-3-18-13(17)12(10(2)16)15-19-14-7-4-11(5-8-14)6-9-14/h11H,3-9H2,1-2H3. The van der Waals surface area contributed by atoms with Gasteiger partial charge in [0.1, 0.15) is 5.60 Å². The molecule has 0 aromatic carbocycles. The van der Waals surface area contributed by atoms with Gasteiger partial charge in [-0.2, -0.15) is 0 Å². The maximum Gasteiger partial charge on any atom is 0.364 e. The van der Waals surface area contributed by atoms with Crippen molar-refractivity contribution >= 4 is 17.5 Å². The van der Waals surface area contributed by atoms with Crippen molar-refractivity contribution in [2.45, 2.75) is 58.0 Å². The van der Waals surface area contributed by atoms with Crippen LogP contribution >= 0.6 is 0 Å². The molecule has 0 aromatic heterocycles. The molecule has 2 bridgehead atoms. The molecular formula is C14H21NO4. The minimum Gasteiger partial charge on any atom is -0.461 e. The SMILES string of the molecule is CCOC(=O)C(=NOC12CCC(CC1)CC2)C(C)=O. The lowest BCUT2D eigenvalue weighted by Crippen LogP contribution is -2.41. The quantitative estimate of drug-likeness (QED) is 0.331. The molecule has 19 heavy (non-hydrogen) atoms. The number of rotatable bonds is 5. The lowest BCUT2D eigenvalue weighted by Gasteiger charge is -2.44. The third-order valence-corrected chi connectivity index (χ3v) is 4.16. The molecule has 0 radical (unpaired) electrons. The van der Waals surface area contributed by atoms with Gasteiger partial charge in [-0.1, -0.05) is 5.16 Å².